The van der Waals surface area contributed by atoms with Gasteiger partial charge in [0.25, 0.3) is 0 Å². The molecule has 102 valence electrons. The van der Waals surface area contributed by atoms with Crippen LogP contribution in [0.5, 0.6) is 0 Å². The normalized spacial score (nSPS) is 13.9. The molecule has 0 fully saturated rings. The molecule has 2 heterocycles. The van der Waals surface area contributed by atoms with Gasteiger partial charge in [-0.2, -0.15) is 4.98 Å². The third-order valence-corrected chi connectivity index (χ3v) is 3.33. The summed E-state index contributed by atoms with van der Waals surface area (Å²) in [6.45, 7) is 0.772. The van der Waals surface area contributed by atoms with E-state index in [1.807, 2.05) is 23.1 Å². The van der Waals surface area contributed by atoms with Crippen molar-refractivity contribution < 1.29 is 4.92 Å². The molecule has 0 aliphatic carbocycles. The number of aromatic nitrogens is 2. The highest BCUT2D eigenvalue weighted by Crippen LogP contribution is 2.32. The Morgan fingerprint density at radius 2 is 2.15 bits per heavy atom. The van der Waals surface area contributed by atoms with Crippen LogP contribution in [0, 0.1) is 10.1 Å². The van der Waals surface area contributed by atoms with Crippen molar-refractivity contribution in [3.63, 3.8) is 0 Å². The average Bonchev–Trinajstić information content (AvgIpc) is 2.46. The number of benzene rings is 1. The van der Waals surface area contributed by atoms with Gasteiger partial charge in [0.1, 0.15) is 6.20 Å². The number of hydrogen-bond donors (Lipinski definition) is 1. The maximum atomic E-state index is 10.7. The largest absolute Gasteiger partial charge is 0.378 e. The number of aryl methyl sites for hydroxylation is 1. The van der Waals surface area contributed by atoms with Crippen LogP contribution in [0.1, 0.15) is 12.0 Å². The first-order valence-corrected chi connectivity index (χ1v) is 6.29. The van der Waals surface area contributed by atoms with Gasteiger partial charge in [-0.15, -0.1) is 0 Å². The first kappa shape index (κ1) is 12.3. The van der Waals surface area contributed by atoms with E-state index in [1.54, 1.807) is 0 Å². The van der Waals surface area contributed by atoms with E-state index in [2.05, 4.69) is 16.0 Å². The summed E-state index contributed by atoms with van der Waals surface area (Å²) >= 11 is 0. The molecule has 7 heteroatoms. The van der Waals surface area contributed by atoms with Crippen molar-refractivity contribution in [2.75, 3.05) is 17.2 Å². The molecule has 1 aliphatic heterocycles. The zero-order chi connectivity index (χ0) is 14.1. The first-order valence-electron chi connectivity index (χ1n) is 6.29. The minimum atomic E-state index is -0.580. The summed E-state index contributed by atoms with van der Waals surface area (Å²) in [5.74, 6) is 0.295. The Hall–Kier alpha value is -2.70. The Kier molecular flexibility index (Phi) is 2.94. The molecule has 0 amide bonds. The number of para-hydroxylation sites is 1. The summed E-state index contributed by atoms with van der Waals surface area (Å²) in [6.07, 6.45) is 3.15. The van der Waals surface area contributed by atoms with Crippen LogP contribution in [0.3, 0.4) is 0 Å². The quantitative estimate of drug-likeness (QED) is 0.663. The van der Waals surface area contributed by atoms with Crippen LogP contribution in [-0.4, -0.2) is 21.4 Å². The van der Waals surface area contributed by atoms with Gasteiger partial charge in [0, 0.05) is 12.2 Å². The second-order valence-electron chi connectivity index (χ2n) is 4.58. The van der Waals surface area contributed by atoms with Crippen molar-refractivity contribution >= 4 is 23.1 Å². The van der Waals surface area contributed by atoms with E-state index in [0.717, 1.165) is 31.3 Å². The highest BCUT2D eigenvalue weighted by Gasteiger charge is 2.22. The molecule has 0 spiro atoms. The number of nitrogens with zero attached hydrogens (tertiary/aromatic N) is 4. The number of fused-ring (bicyclic) bond motifs is 1. The van der Waals surface area contributed by atoms with Gasteiger partial charge < -0.3 is 10.6 Å². The smallest absolute Gasteiger partial charge is 0.329 e. The Balaban J connectivity index is 2.03. The number of nitro groups is 1. The monoisotopic (exact) mass is 271 g/mol. The lowest BCUT2D eigenvalue weighted by Gasteiger charge is -2.29. The zero-order valence-electron chi connectivity index (χ0n) is 10.7. The minimum Gasteiger partial charge on any atom is -0.378 e. The van der Waals surface area contributed by atoms with Crippen molar-refractivity contribution in [3.8, 4) is 0 Å². The molecule has 3 rings (SSSR count). The number of anilines is 3. The second-order valence-corrected chi connectivity index (χ2v) is 4.58. The Labute approximate surface area is 115 Å². The second kappa shape index (κ2) is 4.76. The fourth-order valence-electron chi connectivity index (χ4n) is 2.39. The molecule has 0 atom stereocenters. The first-order chi connectivity index (χ1) is 9.66. The van der Waals surface area contributed by atoms with E-state index in [9.17, 15) is 10.1 Å². The lowest BCUT2D eigenvalue weighted by molar-refractivity contribution is -0.384. The van der Waals surface area contributed by atoms with Crippen molar-refractivity contribution in [2.24, 2.45) is 0 Å². The molecule has 7 nitrogen and oxygen atoms in total. The van der Waals surface area contributed by atoms with Crippen LogP contribution in [0.15, 0.2) is 30.5 Å². The summed E-state index contributed by atoms with van der Waals surface area (Å²) in [4.78, 5) is 20.2. The van der Waals surface area contributed by atoms with Crippen molar-refractivity contribution in [3.05, 3.63) is 46.1 Å². The van der Waals surface area contributed by atoms with E-state index in [4.69, 9.17) is 5.73 Å². The molecule has 1 aromatic heterocycles. The number of rotatable bonds is 2. The van der Waals surface area contributed by atoms with Gasteiger partial charge in [-0.1, -0.05) is 18.2 Å². The molecular formula is C13H13N5O2. The van der Waals surface area contributed by atoms with E-state index in [0.29, 0.717) is 5.95 Å². The van der Waals surface area contributed by atoms with E-state index in [-0.39, 0.29) is 11.5 Å². The van der Waals surface area contributed by atoms with E-state index < -0.39 is 4.92 Å². The molecule has 0 saturated heterocycles. The molecule has 0 radical (unpaired) electrons. The highest BCUT2D eigenvalue weighted by atomic mass is 16.6. The lowest BCUT2D eigenvalue weighted by atomic mass is 10.0. The number of hydrogen-bond acceptors (Lipinski definition) is 6. The van der Waals surface area contributed by atoms with Gasteiger partial charge in [0.2, 0.25) is 11.8 Å². The van der Waals surface area contributed by atoms with Crippen LogP contribution in [0.4, 0.5) is 23.1 Å². The maximum absolute atomic E-state index is 10.7. The summed E-state index contributed by atoms with van der Waals surface area (Å²) in [6, 6.07) is 8.00. The van der Waals surface area contributed by atoms with Crippen LogP contribution in [0.2, 0.25) is 0 Å². The van der Waals surface area contributed by atoms with Crippen LogP contribution in [0.25, 0.3) is 0 Å². The zero-order valence-corrected chi connectivity index (χ0v) is 10.7. The molecule has 0 saturated carbocycles. The third kappa shape index (κ3) is 2.03. The number of nitrogens with two attached hydrogens (primary N) is 1. The Morgan fingerprint density at radius 1 is 1.35 bits per heavy atom. The SMILES string of the molecule is Nc1nc(N2CCCc3ccccc32)ncc1[N+](=O)[O-]. The Morgan fingerprint density at radius 3 is 2.90 bits per heavy atom. The predicted molar refractivity (Wildman–Crippen MR) is 74.9 cm³/mol. The molecule has 0 bridgehead atoms. The van der Waals surface area contributed by atoms with Crippen LogP contribution >= 0.6 is 0 Å². The topological polar surface area (TPSA) is 98.2 Å². The standard InChI is InChI=1S/C13H13N5O2/c14-12-11(18(19)20)8-15-13(16-12)17-7-3-5-9-4-1-2-6-10(9)17/h1-2,4,6,8H,3,5,7H2,(H2,14,15,16). The predicted octanol–water partition coefficient (Wildman–Crippen LogP) is 2.05. The maximum Gasteiger partial charge on any atom is 0.329 e. The summed E-state index contributed by atoms with van der Waals surface area (Å²) in [7, 11) is 0. The van der Waals surface area contributed by atoms with Gasteiger partial charge in [-0.05, 0) is 24.5 Å². The van der Waals surface area contributed by atoms with Crippen molar-refractivity contribution in [2.45, 2.75) is 12.8 Å². The molecule has 2 N–H and O–H groups in total. The summed E-state index contributed by atoms with van der Waals surface area (Å²) in [5.41, 5.74) is 7.62. The number of nitrogen functional groups attached to an aromatic ring is 1. The van der Waals surface area contributed by atoms with Gasteiger partial charge in [-0.25, -0.2) is 4.98 Å². The highest BCUT2D eigenvalue weighted by molar-refractivity contribution is 5.65. The lowest BCUT2D eigenvalue weighted by Crippen LogP contribution is -2.26. The molecule has 1 aromatic carbocycles. The molecule has 1 aliphatic rings. The van der Waals surface area contributed by atoms with Gasteiger partial charge in [0.05, 0.1) is 4.92 Å². The van der Waals surface area contributed by atoms with Gasteiger partial charge in [0.15, 0.2) is 0 Å². The van der Waals surface area contributed by atoms with Crippen LogP contribution < -0.4 is 10.6 Å². The molecule has 2 aromatic rings. The van der Waals surface area contributed by atoms with Crippen molar-refractivity contribution in [1.29, 1.82) is 0 Å². The van der Waals surface area contributed by atoms with Gasteiger partial charge >= 0.3 is 5.69 Å². The molecule has 0 unspecified atom stereocenters. The summed E-state index contributed by atoms with van der Waals surface area (Å²) < 4.78 is 0. The fraction of sp³-hybridized carbons (Fsp3) is 0.231. The van der Waals surface area contributed by atoms with Crippen LogP contribution in [-0.2, 0) is 6.42 Å². The molecular weight excluding hydrogens is 258 g/mol. The molecule has 20 heavy (non-hydrogen) atoms. The average molecular weight is 271 g/mol. The summed E-state index contributed by atoms with van der Waals surface area (Å²) in [5, 5.41) is 10.7. The Bertz CT molecular complexity index is 674. The van der Waals surface area contributed by atoms with E-state index in [1.165, 1.54) is 5.56 Å². The third-order valence-electron chi connectivity index (χ3n) is 3.33. The van der Waals surface area contributed by atoms with Crippen molar-refractivity contribution in [1.82, 2.24) is 9.97 Å². The fourth-order valence-corrected chi connectivity index (χ4v) is 2.39. The minimum absolute atomic E-state index is 0.108. The van der Waals surface area contributed by atoms with E-state index >= 15 is 0 Å². The van der Waals surface area contributed by atoms with Gasteiger partial charge in [-0.3, -0.25) is 10.1 Å².